The van der Waals surface area contributed by atoms with E-state index in [1.807, 2.05) is 30.5 Å². The summed E-state index contributed by atoms with van der Waals surface area (Å²) in [6, 6.07) is 10.7. The largest absolute Gasteiger partial charge is 0.478 e. The fourth-order valence-corrected chi connectivity index (χ4v) is 2.79. The van der Waals surface area contributed by atoms with E-state index < -0.39 is 5.97 Å². The van der Waals surface area contributed by atoms with Crippen molar-refractivity contribution in [3.8, 4) is 0 Å². The predicted molar refractivity (Wildman–Crippen MR) is 82.8 cm³/mol. The first-order valence-electron chi connectivity index (χ1n) is 6.71. The van der Waals surface area contributed by atoms with E-state index in [0.717, 1.165) is 10.4 Å². The number of rotatable bonds is 6. The van der Waals surface area contributed by atoms with Crippen LogP contribution in [0, 0.1) is 0 Å². The van der Waals surface area contributed by atoms with Crippen molar-refractivity contribution in [2.75, 3.05) is 6.54 Å². The maximum absolute atomic E-state index is 12.0. The maximum Gasteiger partial charge on any atom is 0.335 e. The third-order valence-corrected chi connectivity index (χ3v) is 4.31. The van der Waals surface area contributed by atoms with Gasteiger partial charge in [-0.1, -0.05) is 18.2 Å². The lowest BCUT2D eigenvalue weighted by atomic mass is 10.1. The second-order valence-electron chi connectivity index (χ2n) is 4.78. The van der Waals surface area contributed by atoms with Crippen LogP contribution in [0.15, 0.2) is 41.8 Å². The van der Waals surface area contributed by atoms with Gasteiger partial charge in [0.25, 0.3) is 0 Å². The average Bonchev–Trinajstić information content (AvgIpc) is 3.00. The molecule has 1 aromatic heterocycles. The summed E-state index contributed by atoms with van der Waals surface area (Å²) in [6.07, 6.45) is 0.615. The molecule has 21 heavy (non-hydrogen) atoms. The van der Waals surface area contributed by atoms with Crippen LogP contribution in [-0.2, 0) is 11.2 Å². The van der Waals surface area contributed by atoms with E-state index in [-0.39, 0.29) is 17.4 Å². The van der Waals surface area contributed by atoms with Crippen LogP contribution in [0.5, 0.6) is 0 Å². The molecule has 5 heteroatoms. The van der Waals surface area contributed by atoms with Gasteiger partial charge in [0.1, 0.15) is 0 Å². The Morgan fingerprint density at radius 1 is 1.29 bits per heavy atom. The van der Waals surface area contributed by atoms with Gasteiger partial charge in [0.2, 0.25) is 5.91 Å². The van der Waals surface area contributed by atoms with Gasteiger partial charge in [-0.2, -0.15) is 0 Å². The zero-order chi connectivity index (χ0) is 15.2. The molecule has 1 atom stereocenters. The quantitative estimate of drug-likeness (QED) is 0.862. The Kier molecular flexibility index (Phi) is 5.11. The van der Waals surface area contributed by atoms with E-state index in [1.165, 1.54) is 0 Å². The minimum Gasteiger partial charge on any atom is -0.478 e. The Balaban J connectivity index is 1.85. The van der Waals surface area contributed by atoms with Gasteiger partial charge in [0.05, 0.1) is 11.5 Å². The van der Waals surface area contributed by atoms with Crippen LogP contribution in [0.1, 0.15) is 33.6 Å². The number of nitrogens with one attached hydrogen (secondary N) is 1. The molecule has 1 amide bonds. The van der Waals surface area contributed by atoms with Gasteiger partial charge in [-0.05, 0) is 42.5 Å². The molecular formula is C16H17NO3S. The number of carboxylic acid groups (broad SMARTS) is 1. The molecule has 4 nitrogen and oxygen atoms in total. The van der Waals surface area contributed by atoms with Crippen LogP contribution in [0.2, 0.25) is 0 Å². The molecule has 0 fully saturated rings. The highest BCUT2D eigenvalue weighted by Gasteiger charge is 2.15. The van der Waals surface area contributed by atoms with E-state index in [9.17, 15) is 9.59 Å². The molecular weight excluding hydrogens is 286 g/mol. The van der Waals surface area contributed by atoms with Crippen molar-refractivity contribution in [2.45, 2.75) is 19.3 Å². The van der Waals surface area contributed by atoms with E-state index in [4.69, 9.17) is 5.11 Å². The van der Waals surface area contributed by atoms with Gasteiger partial charge in [-0.15, -0.1) is 11.3 Å². The first-order valence-corrected chi connectivity index (χ1v) is 7.59. The molecule has 0 spiro atoms. The average molecular weight is 303 g/mol. The van der Waals surface area contributed by atoms with Crippen LogP contribution in [0.3, 0.4) is 0 Å². The summed E-state index contributed by atoms with van der Waals surface area (Å²) in [5.74, 6) is -1.10. The second-order valence-corrected chi connectivity index (χ2v) is 5.76. The Hall–Kier alpha value is -2.14. The molecule has 2 rings (SSSR count). The SMILES string of the molecule is C[C@@H](C(=O)NCCc1cccc(C(=O)O)c1)c1cccs1. The molecule has 0 aliphatic rings. The molecule has 1 heterocycles. The molecule has 0 unspecified atom stereocenters. The third kappa shape index (κ3) is 4.16. The van der Waals surface area contributed by atoms with Crippen LogP contribution in [-0.4, -0.2) is 23.5 Å². The highest BCUT2D eigenvalue weighted by atomic mass is 32.1. The summed E-state index contributed by atoms with van der Waals surface area (Å²) in [5, 5.41) is 13.8. The zero-order valence-corrected chi connectivity index (χ0v) is 12.5. The van der Waals surface area contributed by atoms with Crippen molar-refractivity contribution in [1.29, 1.82) is 0 Å². The van der Waals surface area contributed by atoms with Crippen LogP contribution in [0.25, 0.3) is 0 Å². The number of carbonyl (C=O) groups is 2. The Bertz CT molecular complexity index is 622. The molecule has 0 aliphatic carbocycles. The van der Waals surface area contributed by atoms with Gasteiger partial charge >= 0.3 is 5.97 Å². The zero-order valence-electron chi connectivity index (χ0n) is 11.7. The van der Waals surface area contributed by atoms with Crippen molar-refractivity contribution in [1.82, 2.24) is 5.32 Å². The molecule has 1 aromatic carbocycles. The number of carboxylic acids is 1. The van der Waals surface area contributed by atoms with Gasteiger partial charge in [-0.25, -0.2) is 4.79 Å². The third-order valence-electron chi connectivity index (χ3n) is 3.25. The highest BCUT2D eigenvalue weighted by molar-refractivity contribution is 7.10. The summed E-state index contributed by atoms with van der Waals surface area (Å²) in [5.41, 5.74) is 1.17. The standard InChI is InChI=1S/C16H17NO3S/c1-11(14-6-3-9-21-14)15(18)17-8-7-12-4-2-5-13(10-12)16(19)20/h2-6,9-11H,7-8H2,1H3,(H,17,18)(H,19,20)/t11-/m1/s1. The summed E-state index contributed by atoms with van der Waals surface area (Å²) in [6.45, 7) is 2.38. The summed E-state index contributed by atoms with van der Waals surface area (Å²) in [4.78, 5) is 23.9. The van der Waals surface area contributed by atoms with Gasteiger partial charge in [0.15, 0.2) is 0 Å². The summed E-state index contributed by atoms with van der Waals surface area (Å²) < 4.78 is 0. The molecule has 0 saturated heterocycles. The number of benzene rings is 1. The normalized spacial score (nSPS) is 11.9. The van der Waals surface area contributed by atoms with Gasteiger partial charge in [0, 0.05) is 11.4 Å². The van der Waals surface area contributed by atoms with Crippen molar-refractivity contribution in [2.24, 2.45) is 0 Å². The lowest BCUT2D eigenvalue weighted by molar-refractivity contribution is -0.122. The molecule has 110 valence electrons. The van der Waals surface area contributed by atoms with E-state index in [0.29, 0.717) is 13.0 Å². The van der Waals surface area contributed by atoms with Gasteiger partial charge < -0.3 is 10.4 Å². The lowest BCUT2D eigenvalue weighted by Crippen LogP contribution is -2.29. The summed E-state index contributed by atoms with van der Waals surface area (Å²) in [7, 11) is 0. The maximum atomic E-state index is 12.0. The lowest BCUT2D eigenvalue weighted by Gasteiger charge is -2.10. The summed E-state index contributed by atoms with van der Waals surface area (Å²) >= 11 is 1.57. The van der Waals surface area contributed by atoms with E-state index in [2.05, 4.69) is 5.32 Å². The topological polar surface area (TPSA) is 66.4 Å². The van der Waals surface area contributed by atoms with Crippen molar-refractivity contribution >= 4 is 23.2 Å². The fraction of sp³-hybridized carbons (Fsp3) is 0.250. The van der Waals surface area contributed by atoms with E-state index >= 15 is 0 Å². The number of aromatic carboxylic acids is 1. The van der Waals surface area contributed by atoms with Crippen LogP contribution < -0.4 is 5.32 Å². The molecule has 2 aromatic rings. The highest BCUT2D eigenvalue weighted by Crippen LogP contribution is 2.20. The first-order chi connectivity index (χ1) is 10.1. The minimum atomic E-state index is -0.938. The predicted octanol–water partition coefficient (Wildman–Crippen LogP) is 2.91. The monoisotopic (exact) mass is 303 g/mol. The van der Waals surface area contributed by atoms with Crippen molar-refractivity contribution in [3.05, 3.63) is 57.8 Å². The van der Waals surface area contributed by atoms with Crippen molar-refractivity contribution < 1.29 is 14.7 Å². The Morgan fingerprint density at radius 2 is 2.10 bits per heavy atom. The molecule has 2 N–H and O–H groups in total. The smallest absolute Gasteiger partial charge is 0.335 e. The van der Waals surface area contributed by atoms with Gasteiger partial charge in [-0.3, -0.25) is 4.79 Å². The van der Waals surface area contributed by atoms with Crippen LogP contribution in [0.4, 0.5) is 0 Å². The van der Waals surface area contributed by atoms with E-state index in [1.54, 1.807) is 29.5 Å². The fourth-order valence-electron chi connectivity index (χ4n) is 2.01. The number of carbonyl (C=O) groups excluding carboxylic acids is 1. The minimum absolute atomic E-state index is 0.00756. The molecule has 0 radical (unpaired) electrons. The number of thiophene rings is 1. The number of hydrogen-bond acceptors (Lipinski definition) is 3. The second kappa shape index (κ2) is 7.04. The molecule has 0 saturated carbocycles. The van der Waals surface area contributed by atoms with Crippen molar-refractivity contribution in [3.63, 3.8) is 0 Å². The first kappa shape index (κ1) is 15.3. The Labute approximate surface area is 127 Å². The van der Waals surface area contributed by atoms with Crippen LogP contribution >= 0.6 is 11.3 Å². The molecule has 0 aliphatic heterocycles. The number of amides is 1. The Morgan fingerprint density at radius 3 is 2.76 bits per heavy atom. The molecule has 0 bridgehead atoms. The number of hydrogen-bond donors (Lipinski definition) is 2.